The zero-order chi connectivity index (χ0) is 19.6. The van der Waals surface area contributed by atoms with Crippen molar-refractivity contribution >= 4 is 5.91 Å². The van der Waals surface area contributed by atoms with Crippen LogP contribution in [0.3, 0.4) is 0 Å². The van der Waals surface area contributed by atoms with Crippen LogP contribution in [0.5, 0.6) is 0 Å². The van der Waals surface area contributed by atoms with Gasteiger partial charge in [-0.2, -0.15) is 0 Å². The van der Waals surface area contributed by atoms with Crippen LogP contribution in [0.4, 0.5) is 0 Å². The quantitative estimate of drug-likeness (QED) is 0.807. The van der Waals surface area contributed by atoms with E-state index >= 15 is 0 Å². The molecular weight excluding hydrogens is 352 g/mol. The summed E-state index contributed by atoms with van der Waals surface area (Å²) in [6.45, 7) is 9.20. The minimum absolute atomic E-state index is 0.0896. The normalized spacial score (nSPS) is 24.0. The van der Waals surface area contributed by atoms with Crippen molar-refractivity contribution < 1.29 is 4.79 Å². The predicted molar refractivity (Wildman–Crippen MR) is 109 cm³/mol. The number of nitrogens with zero attached hydrogens (tertiary/aromatic N) is 4. The van der Waals surface area contributed by atoms with Crippen molar-refractivity contribution in [2.75, 3.05) is 26.2 Å². The Labute approximate surface area is 168 Å². The van der Waals surface area contributed by atoms with Gasteiger partial charge in [0.05, 0.1) is 6.04 Å². The third-order valence-electron chi connectivity index (χ3n) is 6.94. The Bertz CT molecular complexity index is 672. The molecule has 1 unspecified atom stereocenters. The molecule has 2 aliphatic heterocycles. The van der Waals surface area contributed by atoms with E-state index in [4.69, 9.17) is 0 Å². The average Bonchev–Trinajstić information content (AvgIpc) is 3.32. The van der Waals surface area contributed by atoms with Gasteiger partial charge in [0.2, 0.25) is 5.91 Å². The number of amides is 1. The number of hydrogen-bond acceptors (Lipinski definition) is 5. The largest absolute Gasteiger partial charge is 0.344 e. The van der Waals surface area contributed by atoms with Crippen LogP contribution in [0.2, 0.25) is 0 Å². The standard InChI is InChI=1S/C21H36N6O/c1-16(2)18(19-25-24-17-8-11-22-12-15-27(17)19)23-20(28)21(9-4-3-5-10-21)26-13-6-7-14-26/h16,18,22H,3-15H2,1-2H3,(H,23,28). The molecule has 1 aromatic heterocycles. The lowest BCUT2D eigenvalue weighted by Gasteiger charge is -2.44. The Morgan fingerprint density at radius 1 is 1.04 bits per heavy atom. The second-order valence-corrected chi connectivity index (χ2v) is 9.11. The molecule has 0 spiro atoms. The van der Waals surface area contributed by atoms with Gasteiger partial charge in [-0.05, 0) is 44.7 Å². The second-order valence-electron chi connectivity index (χ2n) is 9.11. The number of hydrogen-bond donors (Lipinski definition) is 2. The summed E-state index contributed by atoms with van der Waals surface area (Å²) in [7, 11) is 0. The molecule has 0 bridgehead atoms. The molecular formula is C21H36N6O. The third kappa shape index (κ3) is 3.71. The van der Waals surface area contributed by atoms with Crippen LogP contribution >= 0.6 is 0 Å². The van der Waals surface area contributed by atoms with E-state index in [1.165, 1.54) is 19.3 Å². The van der Waals surface area contributed by atoms with E-state index < -0.39 is 0 Å². The molecule has 1 saturated carbocycles. The van der Waals surface area contributed by atoms with Gasteiger partial charge in [-0.25, -0.2) is 0 Å². The molecule has 3 aliphatic rings. The molecule has 28 heavy (non-hydrogen) atoms. The highest BCUT2D eigenvalue weighted by molar-refractivity contribution is 5.86. The molecule has 2 N–H and O–H groups in total. The topological polar surface area (TPSA) is 75.1 Å². The Kier molecular flexibility index (Phi) is 6.01. The maximum absolute atomic E-state index is 13.7. The number of fused-ring (bicyclic) bond motifs is 1. The van der Waals surface area contributed by atoms with Gasteiger partial charge >= 0.3 is 0 Å². The predicted octanol–water partition coefficient (Wildman–Crippen LogP) is 2.04. The van der Waals surface area contributed by atoms with Crippen molar-refractivity contribution in [2.45, 2.75) is 83.3 Å². The number of rotatable bonds is 5. The van der Waals surface area contributed by atoms with Gasteiger partial charge in [-0.15, -0.1) is 10.2 Å². The maximum atomic E-state index is 13.7. The first-order chi connectivity index (χ1) is 13.6. The number of likely N-dealkylation sites (tertiary alicyclic amines) is 1. The first-order valence-corrected chi connectivity index (χ1v) is 11.3. The Morgan fingerprint density at radius 2 is 1.79 bits per heavy atom. The highest BCUT2D eigenvalue weighted by atomic mass is 16.2. The number of carbonyl (C=O) groups excluding carboxylic acids is 1. The van der Waals surface area contributed by atoms with Gasteiger partial charge in [0.25, 0.3) is 0 Å². The van der Waals surface area contributed by atoms with Crippen molar-refractivity contribution in [1.29, 1.82) is 0 Å². The first-order valence-electron chi connectivity index (χ1n) is 11.3. The van der Waals surface area contributed by atoms with Crippen LogP contribution in [0.15, 0.2) is 0 Å². The lowest BCUT2D eigenvalue weighted by molar-refractivity contribution is -0.136. The minimum Gasteiger partial charge on any atom is -0.344 e. The zero-order valence-corrected chi connectivity index (χ0v) is 17.5. The van der Waals surface area contributed by atoms with Gasteiger partial charge < -0.3 is 15.2 Å². The van der Waals surface area contributed by atoms with Gasteiger partial charge in [-0.1, -0.05) is 33.1 Å². The average molecular weight is 389 g/mol. The highest BCUT2D eigenvalue weighted by Crippen LogP contribution is 2.37. The van der Waals surface area contributed by atoms with E-state index in [0.29, 0.717) is 0 Å². The summed E-state index contributed by atoms with van der Waals surface area (Å²) in [6, 6.07) is -0.0896. The lowest BCUT2D eigenvalue weighted by Crippen LogP contribution is -2.59. The van der Waals surface area contributed by atoms with Crippen LogP contribution in [-0.4, -0.2) is 57.3 Å². The maximum Gasteiger partial charge on any atom is 0.241 e. The van der Waals surface area contributed by atoms with Crippen LogP contribution in [0, 0.1) is 5.92 Å². The Hall–Kier alpha value is -1.47. The Balaban J connectivity index is 1.59. The second kappa shape index (κ2) is 8.49. The molecule has 0 radical (unpaired) electrons. The molecule has 3 heterocycles. The van der Waals surface area contributed by atoms with Crippen molar-refractivity contribution in [3.63, 3.8) is 0 Å². The van der Waals surface area contributed by atoms with Crippen molar-refractivity contribution in [3.8, 4) is 0 Å². The summed E-state index contributed by atoms with van der Waals surface area (Å²) < 4.78 is 2.23. The zero-order valence-electron chi connectivity index (χ0n) is 17.5. The molecule has 1 saturated heterocycles. The summed E-state index contributed by atoms with van der Waals surface area (Å²) in [5.74, 6) is 2.45. The van der Waals surface area contributed by atoms with Crippen LogP contribution < -0.4 is 10.6 Å². The smallest absolute Gasteiger partial charge is 0.241 e. The summed E-state index contributed by atoms with van der Waals surface area (Å²) in [6.07, 6.45) is 8.87. The van der Waals surface area contributed by atoms with E-state index in [1.807, 2.05) is 0 Å². The molecule has 7 heteroatoms. The van der Waals surface area contributed by atoms with Gasteiger partial charge in [-0.3, -0.25) is 9.69 Å². The SMILES string of the molecule is CC(C)C(NC(=O)C1(N2CCCC2)CCCCC1)c1nnc2n1CCNCC2. The van der Waals surface area contributed by atoms with Crippen LogP contribution in [0.25, 0.3) is 0 Å². The molecule has 1 atom stereocenters. The van der Waals surface area contributed by atoms with Crippen molar-refractivity contribution in [3.05, 3.63) is 11.6 Å². The summed E-state index contributed by atoms with van der Waals surface area (Å²) in [4.78, 5) is 16.2. The van der Waals surface area contributed by atoms with E-state index in [2.05, 4.69) is 44.1 Å². The van der Waals surface area contributed by atoms with Gasteiger partial charge in [0.15, 0.2) is 5.82 Å². The molecule has 2 fully saturated rings. The fourth-order valence-electron chi connectivity index (χ4n) is 5.30. The summed E-state index contributed by atoms with van der Waals surface area (Å²) in [5, 5.41) is 15.9. The van der Waals surface area contributed by atoms with E-state index in [1.54, 1.807) is 0 Å². The van der Waals surface area contributed by atoms with Gasteiger partial charge in [0, 0.05) is 26.1 Å². The Morgan fingerprint density at radius 3 is 2.50 bits per heavy atom. The monoisotopic (exact) mass is 388 g/mol. The summed E-state index contributed by atoms with van der Waals surface area (Å²) >= 11 is 0. The highest BCUT2D eigenvalue weighted by Gasteiger charge is 2.46. The third-order valence-corrected chi connectivity index (χ3v) is 6.94. The molecule has 1 aliphatic carbocycles. The van der Waals surface area contributed by atoms with Gasteiger partial charge in [0.1, 0.15) is 11.4 Å². The van der Waals surface area contributed by atoms with Crippen molar-refractivity contribution in [1.82, 2.24) is 30.3 Å². The molecule has 156 valence electrons. The summed E-state index contributed by atoms with van der Waals surface area (Å²) in [5.41, 5.74) is -0.314. The molecule has 1 amide bonds. The molecule has 1 aromatic rings. The fraction of sp³-hybridized carbons (Fsp3) is 0.857. The first kappa shape index (κ1) is 19.8. The van der Waals surface area contributed by atoms with E-state index in [-0.39, 0.29) is 23.4 Å². The van der Waals surface area contributed by atoms with Crippen LogP contribution in [-0.2, 0) is 17.8 Å². The van der Waals surface area contributed by atoms with Crippen molar-refractivity contribution in [2.24, 2.45) is 5.92 Å². The number of aromatic nitrogens is 3. The van der Waals surface area contributed by atoms with E-state index in [9.17, 15) is 4.79 Å². The molecule has 4 rings (SSSR count). The number of carbonyl (C=O) groups is 1. The molecule has 0 aromatic carbocycles. The lowest BCUT2D eigenvalue weighted by atomic mass is 9.79. The van der Waals surface area contributed by atoms with Crippen LogP contribution in [0.1, 0.15) is 76.5 Å². The number of nitrogens with one attached hydrogen (secondary N) is 2. The molecule has 7 nitrogen and oxygen atoms in total. The fourth-order valence-corrected chi connectivity index (χ4v) is 5.30. The van der Waals surface area contributed by atoms with E-state index in [0.717, 1.165) is 76.5 Å². The minimum atomic E-state index is -0.314.